The number of hydrogen-bond donors (Lipinski definition) is 1. The quantitative estimate of drug-likeness (QED) is 0.422. The third-order valence-corrected chi connectivity index (χ3v) is 5.27. The summed E-state index contributed by atoms with van der Waals surface area (Å²) in [6.07, 6.45) is 14.0. The van der Waals surface area contributed by atoms with Gasteiger partial charge in [0, 0.05) is 12.3 Å². The van der Waals surface area contributed by atoms with Crippen molar-refractivity contribution in [3.63, 3.8) is 0 Å². The van der Waals surface area contributed by atoms with Crippen LogP contribution >= 0.6 is 11.6 Å². The summed E-state index contributed by atoms with van der Waals surface area (Å²) < 4.78 is 0. The normalized spacial score (nSPS) is 25.8. The Labute approximate surface area is 136 Å². The molecule has 0 aromatic heterocycles. The van der Waals surface area contributed by atoms with Crippen LogP contribution in [0.4, 0.5) is 0 Å². The fourth-order valence-corrected chi connectivity index (χ4v) is 3.84. The Balaban J connectivity index is 2.17. The number of halogens is 1. The minimum absolute atomic E-state index is 0.128. The molecule has 2 nitrogen and oxygen atoms in total. The molecule has 1 amide bonds. The molecule has 0 aromatic rings. The molecular formula is C18H34ClNO. The van der Waals surface area contributed by atoms with Crippen molar-refractivity contribution in [2.45, 2.75) is 96.4 Å². The van der Waals surface area contributed by atoms with E-state index in [0.717, 1.165) is 19.3 Å². The molecule has 0 radical (unpaired) electrons. The zero-order chi connectivity index (χ0) is 15.6. The Hall–Kier alpha value is -0.240. The zero-order valence-corrected chi connectivity index (χ0v) is 14.8. The molecule has 0 spiro atoms. The van der Waals surface area contributed by atoms with Gasteiger partial charge >= 0.3 is 0 Å². The summed E-state index contributed by atoms with van der Waals surface area (Å²) in [6.45, 7) is 4.51. The highest BCUT2D eigenvalue weighted by Gasteiger charge is 2.35. The molecule has 1 aliphatic carbocycles. The van der Waals surface area contributed by atoms with Crippen molar-refractivity contribution < 1.29 is 4.79 Å². The van der Waals surface area contributed by atoms with Crippen molar-refractivity contribution in [2.24, 2.45) is 5.92 Å². The van der Waals surface area contributed by atoms with E-state index in [1.54, 1.807) is 0 Å². The van der Waals surface area contributed by atoms with Gasteiger partial charge in [-0.25, -0.2) is 0 Å². The summed E-state index contributed by atoms with van der Waals surface area (Å²) in [5.41, 5.74) is -0.128. The van der Waals surface area contributed by atoms with Gasteiger partial charge in [0.1, 0.15) is 0 Å². The molecule has 0 saturated heterocycles. The van der Waals surface area contributed by atoms with E-state index in [2.05, 4.69) is 19.2 Å². The number of carbonyl (C=O) groups is 1. The Morgan fingerprint density at radius 2 is 1.86 bits per heavy atom. The second kappa shape index (κ2) is 10.5. The summed E-state index contributed by atoms with van der Waals surface area (Å²) >= 11 is 6.16. The number of hydrogen-bond acceptors (Lipinski definition) is 1. The van der Waals surface area contributed by atoms with E-state index in [9.17, 15) is 4.79 Å². The van der Waals surface area contributed by atoms with Crippen molar-refractivity contribution in [1.82, 2.24) is 5.32 Å². The lowest BCUT2D eigenvalue weighted by Crippen LogP contribution is -2.52. The Bertz CT molecular complexity index is 295. The number of rotatable bonds is 10. The molecule has 1 N–H and O–H groups in total. The van der Waals surface area contributed by atoms with Crippen LogP contribution in [0, 0.1) is 5.92 Å². The maximum atomic E-state index is 12.1. The molecule has 0 bridgehead atoms. The molecule has 1 saturated carbocycles. The molecule has 0 aromatic carbocycles. The largest absolute Gasteiger partial charge is 0.349 e. The van der Waals surface area contributed by atoms with Crippen LogP contribution in [0.1, 0.15) is 90.9 Å². The van der Waals surface area contributed by atoms with Crippen LogP contribution in [0.3, 0.4) is 0 Å². The minimum Gasteiger partial charge on any atom is -0.349 e. The first kappa shape index (κ1) is 18.8. The molecule has 2 atom stereocenters. The fourth-order valence-electron chi connectivity index (χ4n) is 3.53. The Morgan fingerprint density at radius 3 is 2.48 bits per heavy atom. The summed E-state index contributed by atoms with van der Waals surface area (Å²) in [5.74, 6) is 1.44. The number of carbonyl (C=O) groups excluding carboxylic acids is 1. The third-order valence-electron chi connectivity index (χ3n) is 4.76. The molecule has 21 heavy (non-hydrogen) atoms. The van der Waals surface area contributed by atoms with E-state index >= 15 is 0 Å². The number of unbranched alkanes of at least 4 members (excludes halogenated alkanes) is 6. The zero-order valence-electron chi connectivity index (χ0n) is 14.1. The lowest BCUT2D eigenvalue weighted by Gasteiger charge is -2.39. The first-order valence-corrected chi connectivity index (χ1v) is 9.52. The summed E-state index contributed by atoms with van der Waals surface area (Å²) in [5, 5.41) is 3.25. The van der Waals surface area contributed by atoms with Crippen LogP contribution < -0.4 is 5.32 Å². The summed E-state index contributed by atoms with van der Waals surface area (Å²) in [7, 11) is 0. The van der Waals surface area contributed by atoms with Gasteiger partial charge < -0.3 is 5.32 Å². The van der Waals surface area contributed by atoms with Gasteiger partial charge in [0.05, 0.1) is 5.54 Å². The van der Waals surface area contributed by atoms with Crippen molar-refractivity contribution in [1.29, 1.82) is 0 Å². The minimum atomic E-state index is -0.128. The highest BCUT2D eigenvalue weighted by molar-refractivity contribution is 6.18. The molecule has 1 rings (SSSR count). The number of alkyl halides is 1. The molecule has 2 unspecified atom stereocenters. The summed E-state index contributed by atoms with van der Waals surface area (Å²) in [4.78, 5) is 12.1. The molecule has 0 aliphatic heterocycles. The van der Waals surface area contributed by atoms with Crippen LogP contribution in [-0.4, -0.2) is 17.3 Å². The van der Waals surface area contributed by atoms with Crippen LogP contribution in [0.5, 0.6) is 0 Å². The van der Waals surface area contributed by atoms with E-state index < -0.39 is 0 Å². The second-order valence-corrected chi connectivity index (χ2v) is 7.30. The predicted octanol–water partition coefficient (Wildman–Crippen LogP) is 5.43. The number of amides is 1. The van der Waals surface area contributed by atoms with Gasteiger partial charge in [0.2, 0.25) is 5.91 Å². The summed E-state index contributed by atoms with van der Waals surface area (Å²) in [6, 6.07) is 0. The van der Waals surface area contributed by atoms with Gasteiger partial charge in [-0.2, -0.15) is 0 Å². The first-order chi connectivity index (χ1) is 10.1. The lowest BCUT2D eigenvalue weighted by atomic mass is 9.77. The Kier molecular flexibility index (Phi) is 9.39. The van der Waals surface area contributed by atoms with Crippen LogP contribution in [0.2, 0.25) is 0 Å². The molecule has 1 aliphatic rings. The van der Waals surface area contributed by atoms with E-state index in [1.807, 2.05) is 0 Å². The van der Waals surface area contributed by atoms with Crippen molar-refractivity contribution >= 4 is 17.5 Å². The van der Waals surface area contributed by atoms with Crippen molar-refractivity contribution in [3.05, 3.63) is 0 Å². The predicted molar refractivity (Wildman–Crippen MR) is 91.8 cm³/mol. The van der Waals surface area contributed by atoms with Crippen molar-refractivity contribution in [2.75, 3.05) is 5.88 Å². The standard InChI is InChI=1S/C18H34ClNO/c1-3-4-5-6-7-8-9-12-17(21)20-18(15-19)13-10-11-16(2)14-18/h16H,3-15H2,1-2H3,(H,20,21). The van der Waals surface area contributed by atoms with Gasteiger partial charge in [-0.15, -0.1) is 11.6 Å². The Morgan fingerprint density at radius 1 is 1.19 bits per heavy atom. The lowest BCUT2D eigenvalue weighted by molar-refractivity contribution is -0.123. The van der Waals surface area contributed by atoms with E-state index in [4.69, 9.17) is 11.6 Å². The molecular weight excluding hydrogens is 282 g/mol. The molecule has 3 heteroatoms. The maximum Gasteiger partial charge on any atom is 0.220 e. The number of nitrogens with one attached hydrogen (secondary N) is 1. The van der Waals surface area contributed by atoms with Gasteiger partial charge in [-0.05, 0) is 25.2 Å². The highest BCUT2D eigenvalue weighted by Crippen LogP contribution is 2.33. The van der Waals surface area contributed by atoms with Gasteiger partial charge in [-0.3, -0.25) is 4.79 Å². The third kappa shape index (κ3) is 7.54. The van der Waals surface area contributed by atoms with E-state index in [1.165, 1.54) is 51.4 Å². The second-order valence-electron chi connectivity index (χ2n) is 7.03. The average molecular weight is 316 g/mol. The van der Waals surface area contributed by atoms with Crippen molar-refractivity contribution in [3.8, 4) is 0 Å². The topological polar surface area (TPSA) is 29.1 Å². The van der Waals surface area contributed by atoms with Crippen LogP contribution in [0.15, 0.2) is 0 Å². The van der Waals surface area contributed by atoms with Gasteiger partial charge in [0.15, 0.2) is 0 Å². The fraction of sp³-hybridized carbons (Fsp3) is 0.944. The monoisotopic (exact) mass is 315 g/mol. The molecule has 1 fully saturated rings. The van der Waals surface area contributed by atoms with Gasteiger partial charge in [-0.1, -0.05) is 65.2 Å². The molecule has 124 valence electrons. The van der Waals surface area contributed by atoms with Crippen LogP contribution in [0.25, 0.3) is 0 Å². The van der Waals surface area contributed by atoms with E-state index in [-0.39, 0.29) is 11.4 Å². The molecule has 0 heterocycles. The average Bonchev–Trinajstić information content (AvgIpc) is 2.46. The van der Waals surface area contributed by atoms with Gasteiger partial charge in [0.25, 0.3) is 0 Å². The van der Waals surface area contributed by atoms with Crippen LogP contribution in [-0.2, 0) is 4.79 Å². The first-order valence-electron chi connectivity index (χ1n) is 8.99. The maximum absolute atomic E-state index is 12.1. The SMILES string of the molecule is CCCCCCCCCC(=O)NC1(CCl)CCCC(C)C1. The smallest absolute Gasteiger partial charge is 0.220 e. The van der Waals surface area contributed by atoms with E-state index in [0.29, 0.717) is 18.2 Å². The highest BCUT2D eigenvalue weighted by atomic mass is 35.5.